The first-order chi connectivity index (χ1) is 29.1. The summed E-state index contributed by atoms with van der Waals surface area (Å²) in [4.78, 5) is 13.8. The Hall–Kier alpha value is -5.22. The van der Waals surface area contributed by atoms with Crippen LogP contribution < -0.4 is 0 Å². The van der Waals surface area contributed by atoms with Crippen molar-refractivity contribution in [2.24, 2.45) is 5.41 Å². The van der Waals surface area contributed by atoms with Gasteiger partial charge in [-0.3, -0.25) is 0 Å². The first kappa shape index (κ1) is 31.9. The SMILES string of the molecule is [2H]C([2H])([2H])c1cc(-c2[c-]ccc3c2oc2nc(-c4c(C([2H])(C)C)ccc(-c5ccccc5)c4C([2H])(C)C)ccc23)ncc1C([2H])([2H])C(C)(C)C.[Ir].[c-]1ccccc1-c1ccccn1. The molecular formula is C51H49IrN3O-2. The minimum absolute atomic E-state index is 0. The normalized spacial score (nSPS) is 14.2. The average molecular weight is 919 g/mol. The van der Waals surface area contributed by atoms with E-state index in [0.29, 0.717) is 33.8 Å². The molecule has 0 spiro atoms. The molecule has 4 aromatic carbocycles. The summed E-state index contributed by atoms with van der Waals surface area (Å²) < 4.78 is 67.2. The number of pyridine rings is 3. The molecule has 0 N–H and O–H groups in total. The van der Waals surface area contributed by atoms with Gasteiger partial charge in [0.15, 0.2) is 0 Å². The van der Waals surface area contributed by atoms with E-state index < -0.39 is 30.4 Å². The summed E-state index contributed by atoms with van der Waals surface area (Å²) in [5, 5.41) is 1.47. The van der Waals surface area contributed by atoms with Crippen LogP contribution in [0.1, 0.15) is 92.1 Å². The Morgan fingerprint density at radius 3 is 2.23 bits per heavy atom. The Balaban J connectivity index is 0.000000436. The zero-order chi connectivity index (χ0) is 44.8. The Labute approximate surface area is 355 Å². The van der Waals surface area contributed by atoms with E-state index in [2.05, 4.69) is 22.1 Å². The van der Waals surface area contributed by atoms with Gasteiger partial charge in [-0.25, -0.2) is 4.98 Å². The molecule has 0 saturated heterocycles. The van der Waals surface area contributed by atoms with Crippen LogP contribution in [0.4, 0.5) is 0 Å². The van der Waals surface area contributed by atoms with Crippen LogP contribution in [-0.2, 0) is 26.5 Å². The summed E-state index contributed by atoms with van der Waals surface area (Å²) in [6.07, 6.45) is 1.15. The fraction of sp³-hybridized carbons (Fsp3) is 0.235. The number of fused-ring (bicyclic) bond motifs is 3. The van der Waals surface area contributed by atoms with Gasteiger partial charge in [-0.2, -0.15) is 0 Å². The Morgan fingerprint density at radius 2 is 1.55 bits per heavy atom. The predicted octanol–water partition coefficient (Wildman–Crippen LogP) is 13.9. The molecule has 0 atom stereocenters. The minimum atomic E-state index is -2.59. The number of furan rings is 1. The fourth-order valence-electron chi connectivity index (χ4n) is 6.79. The average Bonchev–Trinajstić information content (AvgIpc) is 3.61. The monoisotopic (exact) mass is 919 g/mol. The van der Waals surface area contributed by atoms with Crippen LogP contribution in [0.25, 0.3) is 67.0 Å². The van der Waals surface area contributed by atoms with Crippen molar-refractivity contribution in [3.05, 3.63) is 162 Å². The molecule has 0 bridgehead atoms. The van der Waals surface area contributed by atoms with Crippen LogP contribution in [0.3, 0.4) is 0 Å². The maximum absolute atomic E-state index is 9.29. The Kier molecular flexibility index (Phi) is 9.85. The Bertz CT molecular complexity index is 2820. The summed E-state index contributed by atoms with van der Waals surface area (Å²) in [7, 11) is 0. The van der Waals surface area contributed by atoms with Crippen LogP contribution in [0.15, 0.2) is 132 Å². The van der Waals surface area contributed by atoms with Crippen LogP contribution in [0, 0.1) is 24.4 Å². The van der Waals surface area contributed by atoms with E-state index in [0.717, 1.165) is 44.3 Å². The predicted molar refractivity (Wildman–Crippen MR) is 229 cm³/mol. The third-order valence-electron chi connectivity index (χ3n) is 9.20. The van der Waals surface area contributed by atoms with Crippen molar-refractivity contribution in [3.63, 3.8) is 0 Å². The number of hydrogen-bond donors (Lipinski definition) is 0. The van der Waals surface area contributed by atoms with Gasteiger partial charge in [0.05, 0.1) is 11.3 Å². The zero-order valence-electron chi connectivity index (χ0n) is 39.7. The molecule has 4 nitrogen and oxygen atoms in total. The standard InChI is InChI=1S/C40H41N2O.C11H8N.Ir/c1-24(2)29-17-18-30(27-13-10-9-11-14-27)36(25(3)4)37(29)34-20-19-32-31-15-12-16-33(38(31)43-39(32)42-34)35-21-26(5)28(23-41-35)22-40(6,7)8;1-2-6-10(7-3-1)11-8-4-5-9-12-11;/h9-15,17-21,23-25H,22H2,1-8H3;1-6,8-9H;/q2*-1;/i5D3,22D2,24D,25D;;. The van der Waals surface area contributed by atoms with Crippen molar-refractivity contribution >= 4 is 22.1 Å². The summed E-state index contributed by atoms with van der Waals surface area (Å²) in [5.74, 6) is -2.05. The summed E-state index contributed by atoms with van der Waals surface area (Å²) in [5.41, 5.74) is 7.17. The topological polar surface area (TPSA) is 51.8 Å². The maximum Gasteiger partial charge on any atom is 0.216 e. The summed E-state index contributed by atoms with van der Waals surface area (Å²) in [6, 6.07) is 42.7. The van der Waals surface area contributed by atoms with Gasteiger partial charge < -0.3 is 14.4 Å². The molecule has 8 aromatic rings. The second-order valence-corrected chi connectivity index (χ2v) is 15.0. The number of aromatic nitrogens is 3. The van der Waals surface area contributed by atoms with Gasteiger partial charge in [0.25, 0.3) is 0 Å². The van der Waals surface area contributed by atoms with Crippen molar-refractivity contribution in [3.8, 4) is 44.9 Å². The van der Waals surface area contributed by atoms with Gasteiger partial charge in [-0.1, -0.05) is 126 Å². The number of hydrogen-bond acceptors (Lipinski definition) is 4. The van der Waals surface area contributed by atoms with Gasteiger partial charge in [0.1, 0.15) is 0 Å². The van der Waals surface area contributed by atoms with Crippen molar-refractivity contribution in [1.29, 1.82) is 0 Å². The van der Waals surface area contributed by atoms with Gasteiger partial charge in [-0.05, 0) is 87.8 Å². The molecule has 1 radical (unpaired) electrons. The molecule has 0 aliphatic heterocycles. The zero-order valence-corrected chi connectivity index (χ0v) is 35.1. The molecule has 285 valence electrons. The third kappa shape index (κ3) is 8.76. The minimum Gasteiger partial charge on any atom is -0.486 e. The molecule has 0 aliphatic rings. The van der Waals surface area contributed by atoms with Gasteiger partial charge in [0, 0.05) is 53.0 Å². The second-order valence-electron chi connectivity index (χ2n) is 15.0. The van der Waals surface area contributed by atoms with Crippen molar-refractivity contribution in [1.82, 2.24) is 15.0 Å². The first-order valence-corrected chi connectivity index (χ1v) is 18.4. The van der Waals surface area contributed by atoms with Crippen LogP contribution in [0.5, 0.6) is 0 Å². The van der Waals surface area contributed by atoms with Gasteiger partial charge in [-0.15, -0.1) is 54.1 Å². The molecule has 0 unspecified atom stereocenters. The van der Waals surface area contributed by atoms with Crippen molar-refractivity contribution in [2.75, 3.05) is 0 Å². The largest absolute Gasteiger partial charge is 0.486 e. The van der Waals surface area contributed by atoms with E-state index in [1.165, 1.54) is 12.3 Å². The molecule has 5 heteroatoms. The first-order valence-electron chi connectivity index (χ1n) is 21.9. The van der Waals surface area contributed by atoms with Crippen molar-refractivity contribution in [2.45, 2.75) is 73.5 Å². The number of nitrogens with zero attached hydrogens (tertiary/aromatic N) is 3. The maximum atomic E-state index is 9.29. The molecule has 0 fully saturated rings. The third-order valence-corrected chi connectivity index (χ3v) is 9.20. The van der Waals surface area contributed by atoms with Crippen molar-refractivity contribution < 1.29 is 34.1 Å². The number of rotatable bonds is 7. The number of benzene rings is 4. The van der Waals surface area contributed by atoms with E-state index in [1.807, 2.05) is 131 Å². The number of aryl methyl sites for hydroxylation is 1. The van der Waals surface area contributed by atoms with E-state index in [1.54, 1.807) is 33.0 Å². The molecule has 0 amide bonds. The smallest absolute Gasteiger partial charge is 0.216 e. The van der Waals surface area contributed by atoms with Crippen LogP contribution in [-0.4, -0.2) is 15.0 Å². The van der Waals surface area contributed by atoms with Gasteiger partial charge in [0.2, 0.25) is 5.71 Å². The molecule has 4 aromatic heterocycles. The quantitative estimate of drug-likeness (QED) is 0.150. The Morgan fingerprint density at radius 1 is 0.768 bits per heavy atom. The summed E-state index contributed by atoms with van der Waals surface area (Å²) in [6.45, 7) is 9.95. The van der Waals surface area contributed by atoms with Crippen LogP contribution in [0.2, 0.25) is 0 Å². The van der Waals surface area contributed by atoms with Gasteiger partial charge >= 0.3 is 0 Å². The second kappa shape index (κ2) is 17.3. The molecule has 8 rings (SSSR count). The van der Waals surface area contributed by atoms with Crippen LogP contribution >= 0.6 is 0 Å². The van der Waals surface area contributed by atoms with E-state index in [-0.39, 0.29) is 31.2 Å². The summed E-state index contributed by atoms with van der Waals surface area (Å²) >= 11 is 0. The molecule has 4 heterocycles. The molecule has 0 saturated carbocycles. The van der Waals surface area contributed by atoms with E-state index in [4.69, 9.17) is 17.6 Å². The molecular weight excluding hydrogens is 863 g/mol. The van der Waals surface area contributed by atoms with E-state index in [9.17, 15) is 1.37 Å². The fourth-order valence-corrected chi connectivity index (χ4v) is 6.79. The molecule has 56 heavy (non-hydrogen) atoms. The molecule has 0 aliphatic carbocycles. The van der Waals surface area contributed by atoms with E-state index >= 15 is 0 Å².